The smallest absolute Gasteiger partial charge is 0.286 e. The van der Waals surface area contributed by atoms with Gasteiger partial charge in [0.05, 0.1) is 29.6 Å². The number of ether oxygens (including phenoxy) is 2. The fourth-order valence-electron chi connectivity index (χ4n) is 3.32. The third-order valence-electron chi connectivity index (χ3n) is 5.09. The number of carbonyl (C=O) groups is 1. The summed E-state index contributed by atoms with van der Waals surface area (Å²) in [6.07, 6.45) is 0. The molecule has 0 aliphatic heterocycles. The summed E-state index contributed by atoms with van der Waals surface area (Å²) < 4.78 is 37.6. The van der Waals surface area contributed by atoms with Gasteiger partial charge in [-0.3, -0.25) is 14.9 Å². The van der Waals surface area contributed by atoms with Crippen molar-refractivity contribution in [2.75, 3.05) is 26.1 Å². The van der Waals surface area contributed by atoms with Crippen molar-refractivity contribution in [1.29, 1.82) is 0 Å². The summed E-state index contributed by atoms with van der Waals surface area (Å²) in [6.45, 7) is 2.20. The van der Waals surface area contributed by atoms with E-state index < -0.39 is 26.5 Å². The highest BCUT2D eigenvalue weighted by Gasteiger charge is 2.25. The standard InChI is InChI=1S/C24H25N3O7S/c1-4-34-23-14-20(21(27(29)30)15-22(23)33-3)24(28)25-18-10-12-19(13-11-18)35(31,32)26(2)16-17-8-6-5-7-9-17/h5-15H,4,16H2,1-3H3,(H,25,28). The molecule has 0 aliphatic carbocycles. The Labute approximate surface area is 203 Å². The van der Waals surface area contributed by atoms with Crippen LogP contribution in [0, 0.1) is 10.1 Å². The van der Waals surface area contributed by atoms with E-state index in [9.17, 15) is 23.3 Å². The first kappa shape index (κ1) is 25.7. The van der Waals surface area contributed by atoms with Gasteiger partial charge < -0.3 is 14.8 Å². The summed E-state index contributed by atoms with van der Waals surface area (Å²) in [7, 11) is -0.947. The number of nitro groups is 1. The van der Waals surface area contributed by atoms with Crippen molar-refractivity contribution in [3.8, 4) is 11.5 Å². The lowest BCUT2D eigenvalue weighted by molar-refractivity contribution is -0.385. The normalized spacial score (nSPS) is 11.2. The van der Waals surface area contributed by atoms with Gasteiger partial charge in [-0.05, 0) is 36.8 Å². The summed E-state index contributed by atoms with van der Waals surface area (Å²) in [4.78, 5) is 23.7. The minimum Gasteiger partial charge on any atom is -0.493 e. The maximum atomic E-state index is 12.9. The number of carbonyl (C=O) groups excluding carboxylic acids is 1. The fraction of sp³-hybridized carbons (Fsp3) is 0.208. The van der Waals surface area contributed by atoms with Crippen LogP contribution in [0.5, 0.6) is 11.5 Å². The molecule has 3 aromatic rings. The maximum absolute atomic E-state index is 12.9. The molecule has 0 atom stereocenters. The molecule has 0 radical (unpaired) electrons. The number of nitrogens with one attached hydrogen (secondary N) is 1. The van der Waals surface area contributed by atoms with Crippen LogP contribution in [-0.2, 0) is 16.6 Å². The van der Waals surface area contributed by atoms with Gasteiger partial charge in [-0.25, -0.2) is 8.42 Å². The number of nitro benzene ring substituents is 1. The van der Waals surface area contributed by atoms with Crippen molar-refractivity contribution in [2.45, 2.75) is 18.4 Å². The fourth-order valence-corrected chi connectivity index (χ4v) is 4.48. The Morgan fingerprint density at radius 2 is 1.71 bits per heavy atom. The first-order valence-electron chi connectivity index (χ1n) is 10.6. The number of methoxy groups -OCH3 is 1. The van der Waals surface area contributed by atoms with Gasteiger partial charge in [-0.15, -0.1) is 0 Å². The van der Waals surface area contributed by atoms with Crippen LogP contribution in [0.4, 0.5) is 11.4 Å². The molecular formula is C24H25N3O7S. The highest BCUT2D eigenvalue weighted by molar-refractivity contribution is 7.89. The molecule has 0 bridgehead atoms. The van der Waals surface area contributed by atoms with Crippen LogP contribution in [0.15, 0.2) is 71.6 Å². The second-order valence-electron chi connectivity index (χ2n) is 7.44. The van der Waals surface area contributed by atoms with Crippen molar-refractivity contribution in [1.82, 2.24) is 4.31 Å². The summed E-state index contributed by atoms with van der Waals surface area (Å²) in [5, 5.41) is 14.1. The molecule has 1 amide bonds. The maximum Gasteiger partial charge on any atom is 0.286 e. The summed E-state index contributed by atoms with van der Waals surface area (Å²) >= 11 is 0. The molecule has 184 valence electrons. The molecule has 11 heteroatoms. The molecule has 0 aromatic heterocycles. The van der Waals surface area contributed by atoms with Gasteiger partial charge in [0.25, 0.3) is 11.6 Å². The number of sulfonamides is 1. The Morgan fingerprint density at radius 1 is 1.06 bits per heavy atom. The van der Waals surface area contributed by atoms with E-state index in [0.717, 1.165) is 11.6 Å². The van der Waals surface area contributed by atoms with Gasteiger partial charge in [0.15, 0.2) is 11.5 Å². The molecule has 10 nitrogen and oxygen atoms in total. The number of benzene rings is 3. The molecule has 0 unspecified atom stereocenters. The lowest BCUT2D eigenvalue weighted by atomic mass is 10.1. The van der Waals surface area contributed by atoms with Gasteiger partial charge in [-0.1, -0.05) is 30.3 Å². The van der Waals surface area contributed by atoms with E-state index >= 15 is 0 Å². The number of amides is 1. The zero-order chi connectivity index (χ0) is 25.6. The molecule has 35 heavy (non-hydrogen) atoms. The van der Waals surface area contributed by atoms with Gasteiger partial charge >= 0.3 is 0 Å². The number of hydrogen-bond donors (Lipinski definition) is 1. The Kier molecular flexibility index (Phi) is 8.05. The third-order valence-corrected chi connectivity index (χ3v) is 6.91. The topological polar surface area (TPSA) is 128 Å². The molecule has 0 spiro atoms. The first-order valence-corrected chi connectivity index (χ1v) is 12.0. The van der Waals surface area contributed by atoms with Gasteiger partial charge in [0, 0.05) is 25.3 Å². The van der Waals surface area contributed by atoms with Crippen LogP contribution >= 0.6 is 0 Å². The van der Waals surface area contributed by atoms with Crippen molar-refractivity contribution in [2.24, 2.45) is 0 Å². The van der Waals surface area contributed by atoms with E-state index in [2.05, 4.69) is 5.32 Å². The van der Waals surface area contributed by atoms with E-state index in [1.807, 2.05) is 30.3 Å². The van der Waals surface area contributed by atoms with Gasteiger partial charge in [0.2, 0.25) is 10.0 Å². The number of rotatable bonds is 10. The lowest BCUT2D eigenvalue weighted by Crippen LogP contribution is -2.26. The monoisotopic (exact) mass is 499 g/mol. The Hall–Kier alpha value is -3.96. The number of hydrogen-bond acceptors (Lipinski definition) is 7. The third kappa shape index (κ3) is 5.94. The summed E-state index contributed by atoms with van der Waals surface area (Å²) in [5.41, 5.74) is 0.431. The predicted molar refractivity (Wildman–Crippen MR) is 130 cm³/mol. The van der Waals surface area contributed by atoms with E-state index in [1.165, 1.54) is 48.8 Å². The van der Waals surface area contributed by atoms with E-state index in [4.69, 9.17) is 9.47 Å². The van der Waals surface area contributed by atoms with Crippen molar-refractivity contribution < 1.29 is 27.6 Å². The van der Waals surface area contributed by atoms with Gasteiger partial charge in [0.1, 0.15) is 5.56 Å². The lowest BCUT2D eigenvalue weighted by Gasteiger charge is -2.17. The largest absolute Gasteiger partial charge is 0.493 e. The van der Waals surface area contributed by atoms with E-state index in [-0.39, 0.29) is 40.8 Å². The zero-order valence-corrected chi connectivity index (χ0v) is 20.2. The molecule has 0 aliphatic rings. The SMILES string of the molecule is CCOc1cc(C(=O)Nc2ccc(S(=O)(=O)N(C)Cc3ccccc3)cc2)c([N+](=O)[O-])cc1OC. The molecular weight excluding hydrogens is 474 g/mol. The molecule has 0 fully saturated rings. The summed E-state index contributed by atoms with van der Waals surface area (Å²) in [6, 6.07) is 17.1. The minimum absolute atomic E-state index is 0.0444. The Bertz CT molecular complexity index is 1310. The molecule has 0 saturated heterocycles. The molecule has 3 aromatic carbocycles. The van der Waals surface area contributed by atoms with Crippen LogP contribution < -0.4 is 14.8 Å². The number of anilines is 1. The predicted octanol–water partition coefficient (Wildman–Crippen LogP) is 4.08. The van der Waals surface area contributed by atoms with Crippen LogP contribution in [0.1, 0.15) is 22.8 Å². The van der Waals surface area contributed by atoms with Crippen LogP contribution in [0.2, 0.25) is 0 Å². The second-order valence-corrected chi connectivity index (χ2v) is 9.48. The van der Waals surface area contributed by atoms with Crippen molar-refractivity contribution in [3.63, 3.8) is 0 Å². The van der Waals surface area contributed by atoms with Gasteiger partial charge in [-0.2, -0.15) is 4.31 Å². The minimum atomic E-state index is -3.77. The average Bonchev–Trinajstić information content (AvgIpc) is 2.84. The van der Waals surface area contributed by atoms with Crippen LogP contribution in [0.3, 0.4) is 0 Å². The number of nitrogens with zero attached hydrogens (tertiary/aromatic N) is 2. The van der Waals surface area contributed by atoms with Crippen LogP contribution in [0.25, 0.3) is 0 Å². The molecule has 1 N–H and O–H groups in total. The zero-order valence-electron chi connectivity index (χ0n) is 19.4. The highest BCUT2D eigenvalue weighted by atomic mass is 32.2. The van der Waals surface area contributed by atoms with Crippen molar-refractivity contribution >= 4 is 27.3 Å². The molecule has 0 saturated carbocycles. The summed E-state index contributed by atoms with van der Waals surface area (Å²) in [5.74, 6) is -0.435. The van der Waals surface area contributed by atoms with E-state index in [0.29, 0.717) is 0 Å². The quantitative estimate of drug-likeness (QED) is 0.329. The Balaban J connectivity index is 1.81. The molecule has 3 rings (SSSR count). The Morgan fingerprint density at radius 3 is 2.29 bits per heavy atom. The molecule has 0 heterocycles. The van der Waals surface area contributed by atoms with Crippen molar-refractivity contribution in [3.05, 3.63) is 88.0 Å². The first-order chi connectivity index (χ1) is 16.7. The average molecular weight is 500 g/mol. The van der Waals surface area contributed by atoms with E-state index in [1.54, 1.807) is 6.92 Å². The van der Waals surface area contributed by atoms with Crippen LogP contribution in [-0.4, -0.2) is 44.3 Å². The highest BCUT2D eigenvalue weighted by Crippen LogP contribution is 2.35. The second kappa shape index (κ2) is 11.0.